The van der Waals surface area contributed by atoms with Crippen LogP contribution in [0.25, 0.3) is 0 Å². The van der Waals surface area contributed by atoms with Gasteiger partial charge in [0.05, 0.1) is 4.92 Å². The van der Waals surface area contributed by atoms with Crippen LogP contribution in [0.1, 0.15) is 18.4 Å². The number of primary amides is 1. The second-order valence-corrected chi connectivity index (χ2v) is 3.70. The lowest BCUT2D eigenvalue weighted by Gasteiger charge is -2.08. The zero-order chi connectivity index (χ0) is 12.8. The Kier molecular flexibility index (Phi) is 4.45. The molecule has 1 aromatic rings. The van der Waals surface area contributed by atoms with Crippen molar-refractivity contribution >= 4 is 17.3 Å². The monoisotopic (exact) mass is 237 g/mol. The van der Waals surface area contributed by atoms with Crippen molar-refractivity contribution in [3.63, 3.8) is 0 Å². The lowest BCUT2D eigenvalue weighted by molar-refractivity contribution is -0.385. The van der Waals surface area contributed by atoms with Gasteiger partial charge in [-0.25, -0.2) is 0 Å². The van der Waals surface area contributed by atoms with E-state index in [2.05, 4.69) is 5.32 Å². The van der Waals surface area contributed by atoms with Gasteiger partial charge in [-0.05, 0) is 19.4 Å². The topological polar surface area (TPSA) is 98.3 Å². The molecule has 0 aliphatic rings. The van der Waals surface area contributed by atoms with Gasteiger partial charge in [0.2, 0.25) is 5.91 Å². The molecule has 0 saturated carbocycles. The zero-order valence-corrected chi connectivity index (χ0v) is 9.60. The molecule has 0 unspecified atom stereocenters. The van der Waals surface area contributed by atoms with Crippen LogP contribution in [0.3, 0.4) is 0 Å². The molecule has 0 aliphatic carbocycles. The van der Waals surface area contributed by atoms with Gasteiger partial charge >= 0.3 is 0 Å². The molecule has 6 heteroatoms. The normalized spacial score (nSPS) is 9.94. The van der Waals surface area contributed by atoms with Crippen LogP contribution < -0.4 is 11.1 Å². The molecule has 1 amide bonds. The summed E-state index contributed by atoms with van der Waals surface area (Å²) in [4.78, 5) is 20.8. The molecule has 0 aliphatic heterocycles. The number of rotatable bonds is 6. The van der Waals surface area contributed by atoms with Crippen molar-refractivity contribution in [3.05, 3.63) is 33.9 Å². The Bertz CT molecular complexity index is 432. The maximum atomic E-state index is 10.7. The molecule has 6 nitrogen and oxygen atoms in total. The van der Waals surface area contributed by atoms with Gasteiger partial charge in [-0.1, -0.05) is 6.07 Å². The predicted octanol–water partition coefficient (Wildman–Crippen LogP) is 1.58. The summed E-state index contributed by atoms with van der Waals surface area (Å²) in [6.07, 6.45) is 0.915. The van der Waals surface area contributed by atoms with E-state index in [-0.39, 0.29) is 11.6 Å². The van der Waals surface area contributed by atoms with E-state index in [4.69, 9.17) is 5.73 Å². The number of amides is 1. The van der Waals surface area contributed by atoms with Crippen LogP contribution in [0.5, 0.6) is 0 Å². The summed E-state index contributed by atoms with van der Waals surface area (Å²) in [5.41, 5.74) is 6.40. The van der Waals surface area contributed by atoms with Crippen molar-refractivity contribution in [1.82, 2.24) is 0 Å². The Hall–Kier alpha value is -2.11. The van der Waals surface area contributed by atoms with Crippen LogP contribution in [0.15, 0.2) is 18.2 Å². The predicted molar refractivity (Wildman–Crippen MR) is 64.8 cm³/mol. The van der Waals surface area contributed by atoms with Crippen LogP contribution in [-0.4, -0.2) is 17.4 Å². The number of hydrogen-bond donors (Lipinski definition) is 2. The smallest absolute Gasteiger partial charge is 0.274 e. The number of nitrogens with two attached hydrogens (primary N) is 1. The fraction of sp³-hybridized carbons (Fsp3) is 0.364. The summed E-state index contributed by atoms with van der Waals surface area (Å²) in [5.74, 6) is -0.345. The van der Waals surface area contributed by atoms with E-state index in [1.807, 2.05) is 0 Å². The molecule has 3 N–H and O–H groups in total. The van der Waals surface area contributed by atoms with Crippen molar-refractivity contribution in [1.29, 1.82) is 0 Å². The largest absolute Gasteiger partial charge is 0.385 e. The van der Waals surface area contributed by atoms with Crippen molar-refractivity contribution in [3.8, 4) is 0 Å². The molecule has 0 spiro atoms. The van der Waals surface area contributed by atoms with E-state index in [1.165, 1.54) is 6.07 Å². The highest BCUT2D eigenvalue weighted by Crippen LogP contribution is 2.24. The fourth-order valence-corrected chi connectivity index (χ4v) is 1.50. The highest BCUT2D eigenvalue weighted by Gasteiger charge is 2.12. The number of carbonyl (C=O) groups excluding carboxylic acids is 1. The third-order valence-electron chi connectivity index (χ3n) is 2.42. The molecular weight excluding hydrogens is 222 g/mol. The van der Waals surface area contributed by atoms with Crippen LogP contribution in [0.2, 0.25) is 0 Å². The van der Waals surface area contributed by atoms with E-state index in [9.17, 15) is 14.9 Å². The number of anilines is 1. The minimum atomic E-state index is -0.413. The zero-order valence-electron chi connectivity index (χ0n) is 9.60. The van der Waals surface area contributed by atoms with Gasteiger partial charge in [-0.2, -0.15) is 0 Å². The third-order valence-corrected chi connectivity index (χ3v) is 2.42. The van der Waals surface area contributed by atoms with E-state index < -0.39 is 4.92 Å². The summed E-state index contributed by atoms with van der Waals surface area (Å²) in [5, 5.41) is 13.8. The van der Waals surface area contributed by atoms with Gasteiger partial charge in [-0.3, -0.25) is 14.9 Å². The lowest BCUT2D eigenvalue weighted by atomic mass is 10.1. The highest BCUT2D eigenvalue weighted by molar-refractivity contribution is 5.73. The molecule has 1 aromatic carbocycles. The molecule has 0 saturated heterocycles. The molecule has 0 radical (unpaired) electrons. The van der Waals surface area contributed by atoms with Crippen molar-refractivity contribution < 1.29 is 9.72 Å². The number of carbonyl (C=O) groups is 1. The molecular formula is C11H15N3O3. The molecule has 0 bridgehead atoms. The molecule has 0 fully saturated rings. The Morgan fingerprint density at radius 3 is 2.82 bits per heavy atom. The van der Waals surface area contributed by atoms with Gasteiger partial charge in [0, 0.05) is 30.3 Å². The first-order chi connectivity index (χ1) is 8.02. The first-order valence-corrected chi connectivity index (χ1v) is 5.28. The minimum Gasteiger partial charge on any atom is -0.385 e. The first kappa shape index (κ1) is 13.0. The number of nitrogens with one attached hydrogen (secondary N) is 1. The van der Waals surface area contributed by atoms with Gasteiger partial charge in [-0.15, -0.1) is 0 Å². The van der Waals surface area contributed by atoms with Gasteiger partial charge in [0.15, 0.2) is 0 Å². The highest BCUT2D eigenvalue weighted by atomic mass is 16.6. The van der Waals surface area contributed by atoms with E-state index in [0.29, 0.717) is 30.6 Å². The maximum absolute atomic E-state index is 10.7. The molecule has 0 heterocycles. The van der Waals surface area contributed by atoms with Crippen LogP contribution in [-0.2, 0) is 4.79 Å². The van der Waals surface area contributed by atoms with E-state index >= 15 is 0 Å². The summed E-state index contributed by atoms with van der Waals surface area (Å²) >= 11 is 0. The third kappa shape index (κ3) is 3.75. The second-order valence-electron chi connectivity index (χ2n) is 3.70. The second kappa shape index (κ2) is 5.83. The number of benzene rings is 1. The number of nitro benzene ring substituents is 1. The summed E-state index contributed by atoms with van der Waals surface area (Å²) < 4.78 is 0. The van der Waals surface area contributed by atoms with Crippen molar-refractivity contribution in [2.24, 2.45) is 5.73 Å². The summed E-state index contributed by atoms with van der Waals surface area (Å²) in [6, 6.07) is 4.86. The molecule has 1 rings (SSSR count). The lowest BCUT2D eigenvalue weighted by Crippen LogP contribution is -2.13. The van der Waals surface area contributed by atoms with Crippen LogP contribution in [0, 0.1) is 17.0 Å². The molecule has 92 valence electrons. The van der Waals surface area contributed by atoms with Crippen molar-refractivity contribution in [2.45, 2.75) is 19.8 Å². The maximum Gasteiger partial charge on any atom is 0.274 e. The SMILES string of the molecule is Cc1c(NCCCC(N)=O)cccc1[N+](=O)[O-]. The van der Waals surface area contributed by atoms with Gasteiger partial charge < -0.3 is 11.1 Å². The Balaban J connectivity index is 2.62. The Morgan fingerprint density at radius 2 is 2.24 bits per heavy atom. The average molecular weight is 237 g/mol. The number of nitrogens with zero attached hydrogens (tertiary/aromatic N) is 1. The van der Waals surface area contributed by atoms with E-state index in [0.717, 1.165) is 0 Å². The standard InChI is InChI=1S/C11H15N3O3/c1-8-9(13-7-3-6-11(12)15)4-2-5-10(8)14(16)17/h2,4-5,13H,3,6-7H2,1H3,(H2,12,15). The molecule has 0 atom stereocenters. The van der Waals surface area contributed by atoms with E-state index in [1.54, 1.807) is 19.1 Å². The Morgan fingerprint density at radius 1 is 1.53 bits per heavy atom. The summed E-state index contributed by atoms with van der Waals surface area (Å²) in [7, 11) is 0. The van der Waals surface area contributed by atoms with Gasteiger partial charge in [0.25, 0.3) is 5.69 Å². The fourth-order valence-electron chi connectivity index (χ4n) is 1.50. The minimum absolute atomic E-state index is 0.0879. The van der Waals surface area contributed by atoms with Crippen molar-refractivity contribution in [2.75, 3.05) is 11.9 Å². The molecule has 0 aromatic heterocycles. The Labute approximate surface area is 99.0 Å². The number of hydrogen-bond acceptors (Lipinski definition) is 4. The first-order valence-electron chi connectivity index (χ1n) is 5.28. The van der Waals surface area contributed by atoms with Gasteiger partial charge in [0.1, 0.15) is 0 Å². The summed E-state index contributed by atoms with van der Waals surface area (Å²) in [6.45, 7) is 2.25. The van der Waals surface area contributed by atoms with Crippen LogP contribution >= 0.6 is 0 Å². The average Bonchev–Trinajstić information content (AvgIpc) is 2.25. The van der Waals surface area contributed by atoms with Crippen LogP contribution in [0.4, 0.5) is 11.4 Å². The quantitative estimate of drug-likeness (QED) is 0.445. The number of nitro groups is 1. The molecule has 17 heavy (non-hydrogen) atoms.